The first-order valence-corrected chi connectivity index (χ1v) is 10.9. The van der Waals surface area contributed by atoms with Crippen LogP contribution in [0.3, 0.4) is 0 Å². The van der Waals surface area contributed by atoms with Crippen molar-refractivity contribution in [3.05, 3.63) is 58.0 Å². The summed E-state index contributed by atoms with van der Waals surface area (Å²) < 4.78 is 8.81. The standard InChI is InChI=1S/C19H16N6O2S2/c1-24-17(26)12-6-2-3-7-13(12)25-18(24)21-22-19(25)29-11-5-9-15-20-16(23-27-15)14-8-4-10-28-14/h2-4,6-8,10H,5,9,11H2,1H3. The Labute approximate surface area is 173 Å². The number of rotatable bonds is 6. The fourth-order valence-corrected chi connectivity index (χ4v) is 4.68. The highest BCUT2D eigenvalue weighted by atomic mass is 32.2. The summed E-state index contributed by atoms with van der Waals surface area (Å²) in [5, 5.41) is 15.9. The minimum atomic E-state index is -0.0741. The molecule has 0 atom stereocenters. The molecule has 0 aliphatic carbocycles. The van der Waals surface area contributed by atoms with Gasteiger partial charge in [0.25, 0.3) is 5.56 Å². The van der Waals surface area contributed by atoms with Crippen molar-refractivity contribution in [1.29, 1.82) is 0 Å². The number of hydrogen-bond acceptors (Lipinski definition) is 8. The Balaban J connectivity index is 1.32. The fraction of sp³-hybridized carbons (Fsp3) is 0.211. The first-order chi connectivity index (χ1) is 14.2. The average molecular weight is 425 g/mol. The summed E-state index contributed by atoms with van der Waals surface area (Å²) in [7, 11) is 1.72. The monoisotopic (exact) mass is 424 g/mol. The summed E-state index contributed by atoms with van der Waals surface area (Å²) in [5.74, 6) is 2.62. The van der Waals surface area contributed by atoms with Crippen LogP contribution in [-0.4, -0.2) is 35.1 Å². The Morgan fingerprint density at radius 2 is 2.07 bits per heavy atom. The van der Waals surface area contributed by atoms with Gasteiger partial charge in [0.15, 0.2) is 5.16 Å². The number of para-hydroxylation sites is 1. The quantitative estimate of drug-likeness (QED) is 0.305. The van der Waals surface area contributed by atoms with Crippen molar-refractivity contribution in [3.63, 3.8) is 0 Å². The Kier molecular flexibility index (Phi) is 4.64. The van der Waals surface area contributed by atoms with Gasteiger partial charge < -0.3 is 4.52 Å². The fourth-order valence-electron chi connectivity index (χ4n) is 3.15. The molecular formula is C19H16N6O2S2. The van der Waals surface area contributed by atoms with Gasteiger partial charge in [-0.1, -0.05) is 35.1 Å². The van der Waals surface area contributed by atoms with Crippen LogP contribution in [0, 0.1) is 0 Å². The molecule has 0 N–H and O–H groups in total. The third-order valence-corrected chi connectivity index (χ3v) is 6.45. The van der Waals surface area contributed by atoms with Gasteiger partial charge in [0.1, 0.15) is 0 Å². The van der Waals surface area contributed by atoms with E-state index in [4.69, 9.17) is 4.52 Å². The number of benzene rings is 1. The van der Waals surface area contributed by atoms with E-state index in [2.05, 4.69) is 20.3 Å². The highest BCUT2D eigenvalue weighted by Gasteiger charge is 2.15. The van der Waals surface area contributed by atoms with Crippen molar-refractivity contribution in [2.45, 2.75) is 18.0 Å². The lowest BCUT2D eigenvalue weighted by Gasteiger charge is -2.07. The molecule has 5 aromatic rings. The SMILES string of the molecule is Cn1c(=O)c2ccccc2n2c(SCCCc3nc(-c4cccs4)no3)nnc12. The molecule has 0 fully saturated rings. The lowest BCUT2D eigenvalue weighted by atomic mass is 10.2. The number of aromatic nitrogens is 6. The predicted molar refractivity (Wildman–Crippen MR) is 112 cm³/mol. The van der Waals surface area contributed by atoms with E-state index in [-0.39, 0.29) is 5.56 Å². The van der Waals surface area contributed by atoms with Gasteiger partial charge in [-0.05, 0) is 30.0 Å². The van der Waals surface area contributed by atoms with Crippen LogP contribution in [0.15, 0.2) is 56.3 Å². The zero-order chi connectivity index (χ0) is 19.8. The maximum Gasteiger partial charge on any atom is 0.262 e. The molecule has 1 aromatic carbocycles. The van der Waals surface area contributed by atoms with Crippen molar-refractivity contribution < 1.29 is 4.52 Å². The summed E-state index contributed by atoms with van der Waals surface area (Å²) >= 11 is 3.18. The summed E-state index contributed by atoms with van der Waals surface area (Å²) in [6, 6.07) is 11.5. The predicted octanol–water partition coefficient (Wildman–Crippen LogP) is 3.42. The zero-order valence-corrected chi connectivity index (χ0v) is 17.1. The van der Waals surface area contributed by atoms with E-state index < -0.39 is 0 Å². The normalized spacial score (nSPS) is 11.6. The number of aryl methyl sites for hydroxylation is 2. The molecule has 4 aromatic heterocycles. The van der Waals surface area contributed by atoms with Crippen molar-refractivity contribution in [3.8, 4) is 10.7 Å². The first-order valence-electron chi connectivity index (χ1n) is 9.04. The molecular weight excluding hydrogens is 408 g/mol. The lowest BCUT2D eigenvalue weighted by Crippen LogP contribution is -2.20. The van der Waals surface area contributed by atoms with E-state index in [1.807, 2.05) is 46.2 Å². The van der Waals surface area contributed by atoms with E-state index in [1.165, 1.54) is 4.57 Å². The van der Waals surface area contributed by atoms with Gasteiger partial charge in [0.05, 0.1) is 15.8 Å². The summed E-state index contributed by atoms with van der Waals surface area (Å²) in [6.07, 6.45) is 1.55. The van der Waals surface area contributed by atoms with Gasteiger partial charge in [0.2, 0.25) is 17.5 Å². The summed E-state index contributed by atoms with van der Waals surface area (Å²) in [4.78, 5) is 18.0. The van der Waals surface area contributed by atoms with Crippen LogP contribution in [0.25, 0.3) is 27.4 Å². The third kappa shape index (κ3) is 3.23. The molecule has 0 spiro atoms. The van der Waals surface area contributed by atoms with Gasteiger partial charge in [-0.15, -0.1) is 21.5 Å². The molecule has 8 nitrogen and oxygen atoms in total. The molecule has 146 valence electrons. The molecule has 0 bridgehead atoms. The highest BCUT2D eigenvalue weighted by molar-refractivity contribution is 7.99. The molecule has 4 heterocycles. The Morgan fingerprint density at radius 1 is 1.17 bits per heavy atom. The van der Waals surface area contributed by atoms with Gasteiger partial charge in [-0.2, -0.15) is 4.98 Å². The van der Waals surface area contributed by atoms with Gasteiger partial charge in [-0.25, -0.2) is 0 Å². The van der Waals surface area contributed by atoms with Crippen LogP contribution >= 0.6 is 23.1 Å². The number of hydrogen-bond donors (Lipinski definition) is 0. The first kappa shape index (κ1) is 18.1. The van der Waals surface area contributed by atoms with E-state index in [1.54, 1.807) is 30.1 Å². The van der Waals surface area contributed by atoms with Crippen molar-refractivity contribution in [2.24, 2.45) is 7.05 Å². The molecule has 10 heteroatoms. The largest absolute Gasteiger partial charge is 0.339 e. The molecule has 29 heavy (non-hydrogen) atoms. The van der Waals surface area contributed by atoms with Gasteiger partial charge in [-0.3, -0.25) is 13.8 Å². The van der Waals surface area contributed by atoms with Crippen LogP contribution in [0.5, 0.6) is 0 Å². The van der Waals surface area contributed by atoms with Crippen LogP contribution in [0.4, 0.5) is 0 Å². The minimum Gasteiger partial charge on any atom is -0.339 e. The molecule has 0 radical (unpaired) electrons. The Hall–Kier alpha value is -2.98. The molecule has 0 amide bonds. The van der Waals surface area contributed by atoms with E-state index in [0.717, 1.165) is 27.7 Å². The van der Waals surface area contributed by atoms with E-state index in [9.17, 15) is 4.79 Å². The number of thiophene rings is 1. The van der Waals surface area contributed by atoms with Crippen molar-refractivity contribution in [2.75, 3.05) is 5.75 Å². The van der Waals surface area contributed by atoms with Crippen molar-refractivity contribution in [1.82, 2.24) is 29.3 Å². The molecule has 0 aliphatic heterocycles. The summed E-state index contributed by atoms with van der Waals surface area (Å²) in [6.45, 7) is 0. The van der Waals surface area contributed by atoms with Crippen LogP contribution in [0.2, 0.25) is 0 Å². The van der Waals surface area contributed by atoms with Gasteiger partial charge >= 0.3 is 0 Å². The second-order valence-electron chi connectivity index (χ2n) is 6.44. The van der Waals surface area contributed by atoms with E-state index in [0.29, 0.717) is 29.3 Å². The number of fused-ring (bicyclic) bond motifs is 3. The number of nitrogens with zero attached hydrogens (tertiary/aromatic N) is 6. The summed E-state index contributed by atoms with van der Waals surface area (Å²) in [5.41, 5.74) is 0.741. The molecule has 5 rings (SSSR count). The average Bonchev–Trinajstić information content (AvgIpc) is 3.50. The molecule has 0 unspecified atom stereocenters. The molecule has 0 aliphatic rings. The zero-order valence-electron chi connectivity index (χ0n) is 15.5. The highest BCUT2D eigenvalue weighted by Crippen LogP contribution is 2.24. The third-order valence-electron chi connectivity index (χ3n) is 4.57. The van der Waals surface area contributed by atoms with Crippen LogP contribution in [0.1, 0.15) is 12.3 Å². The van der Waals surface area contributed by atoms with Gasteiger partial charge in [0, 0.05) is 19.2 Å². The smallest absolute Gasteiger partial charge is 0.262 e. The lowest BCUT2D eigenvalue weighted by molar-refractivity contribution is 0.378. The molecule has 0 saturated carbocycles. The molecule has 0 saturated heterocycles. The van der Waals surface area contributed by atoms with E-state index >= 15 is 0 Å². The second kappa shape index (κ2) is 7.45. The Bertz CT molecular complexity index is 1350. The minimum absolute atomic E-state index is 0.0741. The second-order valence-corrected chi connectivity index (χ2v) is 8.45. The maximum absolute atomic E-state index is 12.5. The van der Waals surface area contributed by atoms with Crippen LogP contribution in [-0.2, 0) is 13.5 Å². The van der Waals surface area contributed by atoms with Crippen molar-refractivity contribution >= 4 is 39.8 Å². The van der Waals surface area contributed by atoms with Crippen LogP contribution < -0.4 is 5.56 Å². The topological polar surface area (TPSA) is 91.1 Å². The maximum atomic E-state index is 12.5. The number of thioether (sulfide) groups is 1. The Morgan fingerprint density at radius 3 is 2.93 bits per heavy atom.